The summed E-state index contributed by atoms with van der Waals surface area (Å²) in [4.78, 5) is 18.0. The number of pyridine rings is 1. The van der Waals surface area contributed by atoms with Gasteiger partial charge in [-0.05, 0) is 62.1 Å². The molecule has 1 saturated carbocycles. The number of hydrogen-bond donors (Lipinski definition) is 2. The van der Waals surface area contributed by atoms with E-state index in [9.17, 15) is 9.18 Å². The van der Waals surface area contributed by atoms with Gasteiger partial charge in [-0.1, -0.05) is 37.6 Å². The van der Waals surface area contributed by atoms with Gasteiger partial charge in [0.05, 0.1) is 16.9 Å². The van der Waals surface area contributed by atoms with Gasteiger partial charge in [-0.3, -0.25) is 9.78 Å². The van der Waals surface area contributed by atoms with Crippen molar-refractivity contribution in [1.82, 2.24) is 4.98 Å². The second-order valence-electron chi connectivity index (χ2n) is 9.30. The number of Topliss-reactive ketones (excluding diaryl/α,β-unsaturated/α-hetero) is 1. The number of allylic oxidation sites excluding steroid dienone is 1. The molecule has 0 atom stereocenters. The maximum Gasteiger partial charge on any atom is 0.170 e. The molecule has 5 heteroatoms. The lowest BCUT2D eigenvalue weighted by Crippen LogP contribution is -2.33. The van der Waals surface area contributed by atoms with Gasteiger partial charge < -0.3 is 11.1 Å². The number of nitrogens with zero attached hydrogens (tertiary/aromatic N) is 1. The van der Waals surface area contributed by atoms with Crippen molar-refractivity contribution < 1.29 is 9.18 Å². The minimum absolute atomic E-state index is 0.00584. The maximum absolute atomic E-state index is 13.3. The molecule has 0 aliphatic heterocycles. The first-order chi connectivity index (χ1) is 15.5. The number of nitrogens with two attached hydrogens (primary N) is 1. The number of carbonyl (C=O) groups excluding carboxylic acids is 1. The summed E-state index contributed by atoms with van der Waals surface area (Å²) < 4.78 is 13.3. The van der Waals surface area contributed by atoms with Crippen LogP contribution in [-0.2, 0) is 12.8 Å². The van der Waals surface area contributed by atoms with Gasteiger partial charge in [-0.2, -0.15) is 0 Å². The number of aromatic nitrogens is 1. The second kappa shape index (κ2) is 9.95. The zero-order valence-corrected chi connectivity index (χ0v) is 19.2. The largest absolute Gasteiger partial charge is 0.381 e. The fourth-order valence-electron chi connectivity index (χ4n) is 5.08. The Bertz CT molecular complexity index is 987. The molecular formula is C27H34FN3O. The molecule has 4 nitrogen and oxygen atoms in total. The standard InChI is InChI=1S/C27H34FN3O/c1-3-18(4-2)19-14-23-25(15-19)30-16-24(26(32)13-17-5-7-20(28)8-6-17)27(23)31-22-11-9-21(29)10-12-22/h5-8,14,16,18,21-22H,3-4,9-13,15,29H2,1-2H3,(H,30,31). The minimum atomic E-state index is -0.294. The molecule has 2 aliphatic rings. The Morgan fingerprint density at radius 1 is 1.16 bits per heavy atom. The quantitative estimate of drug-likeness (QED) is 0.522. The Morgan fingerprint density at radius 3 is 2.50 bits per heavy atom. The molecule has 2 aromatic rings. The molecule has 32 heavy (non-hydrogen) atoms. The molecule has 1 heterocycles. The van der Waals surface area contributed by atoms with Crippen molar-refractivity contribution in [2.24, 2.45) is 11.7 Å². The molecule has 0 spiro atoms. The van der Waals surface area contributed by atoms with Crippen molar-refractivity contribution in [2.45, 2.75) is 77.3 Å². The van der Waals surface area contributed by atoms with Crippen LogP contribution in [0, 0.1) is 11.7 Å². The van der Waals surface area contributed by atoms with Crippen LogP contribution in [0.2, 0.25) is 0 Å². The lowest BCUT2D eigenvalue weighted by Gasteiger charge is -2.29. The highest BCUT2D eigenvalue weighted by Gasteiger charge is 2.27. The van der Waals surface area contributed by atoms with Gasteiger partial charge in [0.15, 0.2) is 5.78 Å². The molecule has 0 amide bonds. The van der Waals surface area contributed by atoms with Crippen molar-refractivity contribution in [3.63, 3.8) is 0 Å². The zero-order chi connectivity index (χ0) is 22.7. The van der Waals surface area contributed by atoms with Crippen LogP contribution in [0.3, 0.4) is 0 Å². The van der Waals surface area contributed by atoms with Gasteiger partial charge in [0.1, 0.15) is 5.82 Å². The van der Waals surface area contributed by atoms with Gasteiger partial charge in [-0.25, -0.2) is 4.39 Å². The van der Waals surface area contributed by atoms with Gasteiger partial charge in [0.2, 0.25) is 0 Å². The molecule has 170 valence electrons. The van der Waals surface area contributed by atoms with Crippen molar-refractivity contribution in [2.75, 3.05) is 5.32 Å². The molecular weight excluding hydrogens is 401 g/mol. The highest BCUT2D eigenvalue weighted by Crippen LogP contribution is 2.38. The van der Waals surface area contributed by atoms with Crippen LogP contribution in [-0.4, -0.2) is 22.9 Å². The monoisotopic (exact) mass is 435 g/mol. The number of hydrogen-bond acceptors (Lipinski definition) is 4. The van der Waals surface area contributed by atoms with Gasteiger partial charge in [-0.15, -0.1) is 0 Å². The summed E-state index contributed by atoms with van der Waals surface area (Å²) in [5, 5.41) is 3.72. The Hall–Kier alpha value is -2.53. The summed E-state index contributed by atoms with van der Waals surface area (Å²) in [5.41, 5.74) is 12.0. The summed E-state index contributed by atoms with van der Waals surface area (Å²) in [6.07, 6.45) is 11.3. The van der Waals surface area contributed by atoms with Crippen LogP contribution in [0.25, 0.3) is 6.08 Å². The highest BCUT2D eigenvalue weighted by molar-refractivity contribution is 6.04. The third kappa shape index (κ3) is 4.93. The van der Waals surface area contributed by atoms with Gasteiger partial charge >= 0.3 is 0 Å². The first-order valence-electron chi connectivity index (χ1n) is 12.0. The summed E-state index contributed by atoms with van der Waals surface area (Å²) >= 11 is 0. The molecule has 2 aliphatic carbocycles. The van der Waals surface area contributed by atoms with Crippen molar-refractivity contribution >= 4 is 17.5 Å². The summed E-state index contributed by atoms with van der Waals surface area (Å²) in [5.74, 6) is 0.256. The number of benzene rings is 1. The number of ketones is 1. The van der Waals surface area contributed by atoms with E-state index in [1.165, 1.54) is 17.7 Å². The maximum atomic E-state index is 13.3. The molecule has 0 bridgehead atoms. The number of rotatable bonds is 8. The Morgan fingerprint density at radius 2 is 1.84 bits per heavy atom. The SMILES string of the molecule is CCC(CC)C1=Cc2c(ncc(C(=O)Cc3ccc(F)cc3)c2NC2CCC(N)CC2)C1. The van der Waals surface area contributed by atoms with E-state index in [-0.39, 0.29) is 24.1 Å². The number of halogens is 1. The average Bonchev–Trinajstić information content (AvgIpc) is 3.22. The molecule has 1 aromatic carbocycles. The van der Waals surface area contributed by atoms with E-state index in [1.54, 1.807) is 18.3 Å². The number of fused-ring (bicyclic) bond motifs is 1. The van der Waals surface area contributed by atoms with Crippen molar-refractivity contribution in [3.8, 4) is 0 Å². The Kier molecular flexibility index (Phi) is 7.04. The molecule has 4 rings (SSSR count). The minimum Gasteiger partial charge on any atom is -0.381 e. The molecule has 1 aromatic heterocycles. The molecule has 3 N–H and O–H groups in total. The first kappa shape index (κ1) is 22.7. The van der Waals surface area contributed by atoms with E-state index in [4.69, 9.17) is 10.7 Å². The summed E-state index contributed by atoms with van der Waals surface area (Å²) in [7, 11) is 0. The van der Waals surface area contributed by atoms with E-state index >= 15 is 0 Å². The van der Waals surface area contributed by atoms with Gasteiger partial charge in [0.25, 0.3) is 0 Å². The Labute approximate surface area is 190 Å². The normalized spacial score (nSPS) is 20.2. The fourth-order valence-corrected chi connectivity index (χ4v) is 5.08. The third-order valence-electron chi connectivity index (χ3n) is 7.11. The van der Waals surface area contributed by atoms with E-state index in [1.807, 2.05) is 0 Å². The smallest absolute Gasteiger partial charge is 0.170 e. The van der Waals surface area contributed by atoms with Crippen LogP contribution in [0.15, 0.2) is 36.0 Å². The summed E-state index contributed by atoms with van der Waals surface area (Å²) in [6, 6.07) is 6.74. The highest BCUT2D eigenvalue weighted by atomic mass is 19.1. The summed E-state index contributed by atoms with van der Waals surface area (Å²) in [6.45, 7) is 4.46. The lowest BCUT2D eigenvalue weighted by atomic mass is 9.91. The topological polar surface area (TPSA) is 68.0 Å². The molecule has 0 saturated heterocycles. The second-order valence-corrected chi connectivity index (χ2v) is 9.30. The van der Waals surface area contributed by atoms with Crippen LogP contribution >= 0.6 is 0 Å². The number of anilines is 1. The molecule has 1 fully saturated rings. The number of nitrogens with one attached hydrogen (secondary N) is 1. The van der Waals surface area contributed by atoms with Crippen LogP contribution in [0.5, 0.6) is 0 Å². The Balaban J connectivity index is 1.67. The average molecular weight is 436 g/mol. The van der Waals surface area contributed by atoms with E-state index in [0.717, 1.165) is 67.5 Å². The van der Waals surface area contributed by atoms with Crippen LogP contribution in [0.4, 0.5) is 10.1 Å². The zero-order valence-electron chi connectivity index (χ0n) is 19.2. The van der Waals surface area contributed by atoms with Crippen molar-refractivity contribution in [3.05, 3.63) is 64.2 Å². The predicted octanol–water partition coefficient (Wildman–Crippen LogP) is 5.70. The third-order valence-corrected chi connectivity index (χ3v) is 7.11. The van der Waals surface area contributed by atoms with E-state index in [2.05, 4.69) is 25.2 Å². The van der Waals surface area contributed by atoms with E-state index < -0.39 is 0 Å². The lowest BCUT2D eigenvalue weighted by molar-refractivity contribution is 0.0993. The predicted molar refractivity (Wildman–Crippen MR) is 128 cm³/mol. The van der Waals surface area contributed by atoms with E-state index in [0.29, 0.717) is 17.5 Å². The van der Waals surface area contributed by atoms with Crippen LogP contribution in [0.1, 0.15) is 79.6 Å². The first-order valence-corrected chi connectivity index (χ1v) is 12.0. The van der Waals surface area contributed by atoms with Crippen molar-refractivity contribution in [1.29, 1.82) is 0 Å². The van der Waals surface area contributed by atoms with Crippen LogP contribution < -0.4 is 11.1 Å². The number of carbonyl (C=O) groups is 1. The molecule has 0 unspecified atom stereocenters. The fraction of sp³-hybridized carbons (Fsp3) is 0.481. The molecule has 0 radical (unpaired) electrons. The van der Waals surface area contributed by atoms with Gasteiger partial charge in [0, 0.05) is 36.7 Å².